The Labute approximate surface area is 97.2 Å². The van der Waals surface area contributed by atoms with E-state index in [0.717, 1.165) is 23.0 Å². The van der Waals surface area contributed by atoms with Gasteiger partial charge in [0.1, 0.15) is 0 Å². The van der Waals surface area contributed by atoms with Gasteiger partial charge >= 0.3 is 0 Å². The van der Waals surface area contributed by atoms with E-state index in [9.17, 15) is 4.79 Å². The maximum Gasteiger partial charge on any atom is 0.230 e. The molecule has 1 aliphatic rings. The van der Waals surface area contributed by atoms with Crippen molar-refractivity contribution in [3.05, 3.63) is 28.2 Å². The average Bonchev–Trinajstić information content (AvgIpc) is 2.53. The van der Waals surface area contributed by atoms with E-state index in [1.165, 1.54) is 0 Å². The number of benzene rings is 1. The van der Waals surface area contributed by atoms with Gasteiger partial charge in [-0.05, 0) is 47.0 Å². The molecule has 0 spiro atoms. The number of nitrogens with two attached hydrogens (primary N) is 1. The van der Waals surface area contributed by atoms with Crippen LogP contribution in [0.3, 0.4) is 0 Å². The molecule has 1 fully saturated rings. The molecule has 3 nitrogen and oxygen atoms in total. The SMILES string of the molecule is CC1(c2ccc(N)c(Br)c2)CCNC1=O. The molecule has 0 bridgehead atoms. The largest absolute Gasteiger partial charge is 0.398 e. The van der Waals surface area contributed by atoms with Crippen molar-refractivity contribution in [1.29, 1.82) is 0 Å². The lowest BCUT2D eigenvalue weighted by atomic mass is 9.81. The summed E-state index contributed by atoms with van der Waals surface area (Å²) in [7, 11) is 0. The molecule has 1 aromatic carbocycles. The molecule has 1 aliphatic heterocycles. The third-order valence-corrected chi connectivity index (χ3v) is 3.74. The van der Waals surface area contributed by atoms with Crippen molar-refractivity contribution in [3.8, 4) is 0 Å². The van der Waals surface area contributed by atoms with Gasteiger partial charge in [0.2, 0.25) is 5.91 Å². The van der Waals surface area contributed by atoms with Gasteiger partial charge in [-0.3, -0.25) is 4.79 Å². The van der Waals surface area contributed by atoms with Gasteiger partial charge in [0, 0.05) is 16.7 Å². The molecule has 4 heteroatoms. The number of hydrogen-bond acceptors (Lipinski definition) is 2. The van der Waals surface area contributed by atoms with Crippen molar-refractivity contribution < 1.29 is 4.79 Å². The lowest BCUT2D eigenvalue weighted by Gasteiger charge is -2.21. The van der Waals surface area contributed by atoms with Crippen molar-refractivity contribution in [2.75, 3.05) is 12.3 Å². The summed E-state index contributed by atoms with van der Waals surface area (Å²) < 4.78 is 0.848. The molecule has 1 saturated heterocycles. The third-order valence-electron chi connectivity index (χ3n) is 3.05. The zero-order valence-electron chi connectivity index (χ0n) is 8.51. The van der Waals surface area contributed by atoms with Gasteiger partial charge < -0.3 is 11.1 Å². The van der Waals surface area contributed by atoms with Crippen molar-refractivity contribution >= 4 is 27.5 Å². The van der Waals surface area contributed by atoms with E-state index in [4.69, 9.17) is 5.73 Å². The first-order chi connectivity index (χ1) is 7.04. The fraction of sp³-hybridized carbons (Fsp3) is 0.364. The molecule has 3 N–H and O–H groups in total. The maximum absolute atomic E-state index is 11.7. The Balaban J connectivity index is 2.45. The van der Waals surface area contributed by atoms with E-state index in [1.54, 1.807) is 0 Å². The number of hydrogen-bond donors (Lipinski definition) is 2. The zero-order chi connectivity index (χ0) is 11.1. The van der Waals surface area contributed by atoms with Crippen LogP contribution in [-0.4, -0.2) is 12.5 Å². The van der Waals surface area contributed by atoms with Crippen LogP contribution in [0, 0.1) is 0 Å². The molecule has 1 atom stereocenters. The maximum atomic E-state index is 11.7. The summed E-state index contributed by atoms with van der Waals surface area (Å²) in [5.41, 5.74) is 7.02. The summed E-state index contributed by atoms with van der Waals surface area (Å²) in [5, 5.41) is 2.86. The number of halogens is 1. The molecule has 1 heterocycles. The summed E-state index contributed by atoms with van der Waals surface area (Å²) >= 11 is 3.38. The predicted octanol–water partition coefficient (Wildman–Crippen LogP) is 1.81. The monoisotopic (exact) mass is 268 g/mol. The quantitative estimate of drug-likeness (QED) is 0.764. The number of amides is 1. The van der Waals surface area contributed by atoms with E-state index < -0.39 is 5.41 Å². The minimum Gasteiger partial charge on any atom is -0.398 e. The van der Waals surface area contributed by atoms with Crippen LogP contribution in [-0.2, 0) is 10.2 Å². The number of carbonyl (C=O) groups excluding carboxylic acids is 1. The van der Waals surface area contributed by atoms with E-state index in [-0.39, 0.29) is 5.91 Å². The van der Waals surface area contributed by atoms with Crippen LogP contribution in [0.15, 0.2) is 22.7 Å². The van der Waals surface area contributed by atoms with Gasteiger partial charge in [-0.25, -0.2) is 0 Å². The Morgan fingerprint density at radius 1 is 1.53 bits per heavy atom. The molecule has 0 aliphatic carbocycles. The Kier molecular flexibility index (Phi) is 2.46. The number of rotatable bonds is 1. The highest BCUT2D eigenvalue weighted by Crippen LogP contribution is 2.34. The highest BCUT2D eigenvalue weighted by molar-refractivity contribution is 9.10. The lowest BCUT2D eigenvalue weighted by molar-refractivity contribution is -0.123. The Hall–Kier alpha value is -1.03. The number of nitrogens with one attached hydrogen (secondary N) is 1. The van der Waals surface area contributed by atoms with E-state index >= 15 is 0 Å². The van der Waals surface area contributed by atoms with Crippen LogP contribution >= 0.6 is 15.9 Å². The van der Waals surface area contributed by atoms with Crippen molar-refractivity contribution in [2.24, 2.45) is 0 Å². The number of anilines is 1. The van der Waals surface area contributed by atoms with Crippen molar-refractivity contribution in [3.63, 3.8) is 0 Å². The molecule has 15 heavy (non-hydrogen) atoms. The van der Waals surface area contributed by atoms with Crippen LogP contribution in [0.4, 0.5) is 5.69 Å². The van der Waals surface area contributed by atoms with Gasteiger partial charge in [-0.15, -0.1) is 0 Å². The van der Waals surface area contributed by atoms with Crippen molar-refractivity contribution in [2.45, 2.75) is 18.8 Å². The first-order valence-corrected chi connectivity index (χ1v) is 5.67. The molecule has 0 aromatic heterocycles. The minimum absolute atomic E-state index is 0.0965. The number of carbonyl (C=O) groups is 1. The predicted molar refractivity (Wildman–Crippen MR) is 63.5 cm³/mol. The van der Waals surface area contributed by atoms with Gasteiger partial charge in [0.25, 0.3) is 0 Å². The van der Waals surface area contributed by atoms with Crippen LogP contribution in [0.2, 0.25) is 0 Å². The summed E-state index contributed by atoms with van der Waals surface area (Å²) in [6, 6.07) is 5.68. The molecule has 0 saturated carbocycles. The fourth-order valence-corrected chi connectivity index (χ4v) is 2.26. The van der Waals surface area contributed by atoms with E-state index in [2.05, 4.69) is 21.2 Å². The third kappa shape index (κ3) is 1.63. The standard InChI is InChI=1S/C11H13BrN2O/c1-11(4-5-14-10(11)15)7-2-3-9(13)8(12)6-7/h2-3,6H,4-5,13H2,1H3,(H,14,15). The first-order valence-electron chi connectivity index (χ1n) is 4.88. The normalized spacial score (nSPS) is 25.3. The molecule has 1 amide bonds. The summed E-state index contributed by atoms with van der Waals surface area (Å²) in [6.07, 6.45) is 0.836. The topological polar surface area (TPSA) is 55.1 Å². The fourth-order valence-electron chi connectivity index (χ4n) is 1.88. The summed E-state index contributed by atoms with van der Waals surface area (Å²) in [5.74, 6) is 0.0965. The van der Waals surface area contributed by atoms with Gasteiger partial charge in [0.05, 0.1) is 5.41 Å². The molecule has 80 valence electrons. The Bertz CT molecular complexity index is 419. The van der Waals surface area contributed by atoms with Crippen LogP contribution in [0.5, 0.6) is 0 Å². The molecule has 1 aromatic rings. The van der Waals surface area contributed by atoms with Crippen LogP contribution in [0.1, 0.15) is 18.9 Å². The van der Waals surface area contributed by atoms with Gasteiger partial charge in [0.15, 0.2) is 0 Å². The second kappa shape index (κ2) is 3.52. The second-order valence-electron chi connectivity index (χ2n) is 4.07. The summed E-state index contributed by atoms with van der Waals surface area (Å²) in [6.45, 7) is 2.71. The molecule has 2 rings (SSSR count). The second-order valence-corrected chi connectivity index (χ2v) is 4.93. The Morgan fingerprint density at radius 3 is 2.80 bits per heavy atom. The number of nitrogen functional groups attached to an aromatic ring is 1. The van der Waals surface area contributed by atoms with Gasteiger partial charge in [-0.1, -0.05) is 6.07 Å². The van der Waals surface area contributed by atoms with E-state index in [1.807, 2.05) is 25.1 Å². The first kappa shape index (κ1) is 10.5. The molecule has 0 radical (unpaired) electrons. The Morgan fingerprint density at radius 2 is 2.27 bits per heavy atom. The minimum atomic E-state index is -0.407. The van der Waals surface area contributed by atoms with Crippen LogP contribution in [0.25, 0.3) is 0 Å². The van der Waals surface area contributed by atoms with Crippen molar-refractivity contribution in [1.82, 2.24) is 5.32 Å². The highest BCUT2D eigenvalue weighted by Gasteiger charge is 2.39. The van der Waals surface area contributed by atoms with Crippen LogP contribution < -0.4 is 11.1 Å². The zero-order valence-corrected chi connectivity index (χ0v) is 10.1. The highest BCUT2D eigenvalue weighted by atomic mass is 79.9. The molecule has 1 unspecified atom stereocenters. The molecular formula is C11H13BrN2O. The average molecular weight is 269 g/mol. The molecular weight excluding hydrogens is 256 g/mol. The lowest BCUT2D eigenvalue weighted by Crippen LogP contribution is -2.32. The summed E-state index contributed by atoms with van der Waals surface area (Å²) in [4.78, 5) is 11.7. The van der Waals surface area contributed by atoms with E-state index in [0.29, 0.717) is 5.69 Å². The van der Waals surface area contributed by atoms with Gasteiger partial charge in [-0.2, -0.15) is 0 Å². The smallest absolute Gasteiger partial charge is 0.230 e.